The molecule has 1 saturated heterocycles. The van der Waals surface area contributed by atoms with Gasteiger partial charge in [-0.05, 0) is 37.5 Å². The van der Waals surface area contributed by atoms with Crippen molar-refractivity contribution < 1.29 is 19.8 Å². The fraction of sp³-hybridized carbons (Fsp3) is 0.550. The van der Waals surface area contributed by atoms with E-state index in [1.54, 1.807) is 11.8 Å². The van der Waals surface area contributed by atoms with Crippen LogP contribution in [0.5, 0.6) is 11.5 Å². The lowest BCUT2D eigenvalue weighted by Gasteiger charge is -2.37. The summed E-state index contributed by atoms with van der Waals surface area (Å²) in [5.74, 6) is -1.38. The van der Waals surface area contributed by atoms with E-state index < -0.39 is 16.9 Å². The van der Waals surface area contributed by atoms with Crippen molar-refractivity contribution in [3.63, 3.8) is 0 Å². The van der Waals surface area contributed by atoms with Gasteiger partial charge in [-0.25, -0.2) is 0 Å². The number of carbonyl (C=O) groups excluding carboxylic acids is 2. The van der Waals surface area contributed by atoms with Crippen molar-refractivity contribution in [2.24, 2.45) is 5.92 Å². The standard InChI is InChI=1S/C20H26N2O5/c1-13-11-16(23)18(25)17(24)12-15(13)20(27)22-9-7-21(8-10-22)19(26)14-5-3-2-4-6-14/h11-12,14H,2-10H2,1H3,(H2,23,24,25). The van der Waals surface area contributed by atoms with Gasteiger partial charge < -0.3 is 20.0 Å². The van der Waals surface area contributed by atoms with Gasteiger partial charge in [-0.2, -0.15) is 0 Å². The average Bonchev–Trinajstić information content (AvgIpc) is 2.79. The molecule has 1 saturated carbocycles. The van der Waals surface area contributed by atoms with Gasteiger partial charge in [0, 0.05) is 37.7 Å². The molecule has 3 rings (SSSR count). The molecule has 1 aromatic rings. The van der Waals surface area contributed by atoms with Crippen LogP contribution in [0.4, 0.5) is 0 Å². The Hall–Kier alpha value is -2.57. The van der Waals surface area contributed by atoms with Gasteiger partial charge in [0.25, 0.3) is 5.91 Å². The minimum atomic E-state index is -0.764. The monoisotopic (exact) mass is 374 g/mol. The minimum Gasteiger partial charge on any atom is -0.504 e. The molecular formula is C20H26N2O5. The Bertz CT molecular complexity index is 794. The molecule has 1 aliphatic heterocycles. The van der Waals surface area contributed by atoms with Crippen LogP contribution >= 0.6 is 0 Å². The molecule has 2 amide bonds. The van der Waals surface area contributed by atoms with Gasteiger partial charge in [0.2, 0.25) is 17.1 Å². The lowest BCUT2D eigenvalue weighted by atomic mass is 9.88. The molecule has 0 spiro atoms. The lowest BCUT2D eigenvalue weighted by molar-refractivity contribution is -0.138. The number of amides is 2. The predicted molar refractivity (Wildman–Crippen MR) is 99.8 cm³/mol. The molecule has 2 aliphatic rings. The molecule has 2 N–H and O–H groups in total. The van der Waals surface area contributed by atoms with Crippen LogP contribution in [0.25, 0.3) is 0 Å². The van der Waals surface area contributed by atoms with Crippen LogP contribution in [-0.2, 0) is 4.79 Å². The van der Waals surface area contributed by atoms with E-state index in [0.29, 0.717) is 31.7 Å². The summed E-state index contributed by atoms with van der Waals surface area (Å²) in [5, 5.41) is 19.4. The van der Waals surface area contributed by atoms with Gasteiger partial charge in [-0.3, -0.25) is 14.4 Å². The molecule has 146 valence electrons. The van der Waals surface area contributed by atoms with Gasteiger partial charge >= 0.3 is 0 Å². The highest BCUT2D eigenvalue weighted by Crippen LogP contribution is 2.26. The number of hydrogen-bond donors (Lipinski definition) is 2. The second-order valence-electron chi connectivity index (χ2n) is 7.44. The molecule has 7 heteroatoms. The summed E-state index contributed by atoms with van der Waals surface area (Å²) >= 11 is 0. The van der Waals surface area contributed by atoms with Crippen molar-refractivity contribution in [1.82, 2.24) is 9.80 Å². The zero-order valence-electron chi connectivity index (χ0n) is 15.6. The van der Waals surface area contributed by atoms with Crippen molar-refractivity contribution in [3.8, 4) is 11.5 Å². The predicted octanol–water partition coefficient (Wildman–Crippen LogP) is 1.63. The summed E-state index contributed by atoms with van der Waals surface area (Å²) in [5.41, 5.74) is -0.162. The fourth-order valence-electron chi connectivity index (χ4n) is 3.93. The maximum atomic E-state index is 12.8. The first-order chi connectivity index (χ1) is 12.9. The first-order valence-electron chi connectivity index (χ1n) is 9.53. The first-order valence-corrected chi connectivity index (χ1v) is 9.53. The number of carbonyl (C=O) groups is 2. The highest BCUT2D eigenvalue weighted by Gasteiger charge is 2.30. The smallest absolute Gasteiger partial charge is 0.254 e. The van der Waals surface area contributed by atoms with Crippen molar-refractivity contribution in [3.05, 3.63) is 33.5 Å². The zero-order chi connectivity index (χ0) is 19.6. The quantitative estimate of drug-likeness (QED) is 0.820. The van der Waals surface area contributed by atoms with Crippen LogP contribution in [0.15, 0.2) is 16.9 Å². The summed E-state index contributed by atoms with van der Waals surface area (Å²) in [6.07, 6.45) is 5.33. The second kappa shape index (κ2) is 7.98. The number of hydrogen-bond acceptors (Lipinski definition) is 5. The Morgan fingerprint density at radius 3 is 2.19 bits per heavy atom. The minimum absolute atomic E-state index is 0.117. The highest BCUT2D eigenvalue weighted by molar-refractivity contribution is 5.96. The van der Waals surface area contributed by atoms with Crippen LogP contribution < -0.4 is 5.43 Å². The summed E-state index contributed by atoms with van der Waals surface area (Å²) in [6.45, 7) is 3.39. The van der Waals surface area contributed by atoms with E-state index in [0.717, 1.165) is 37.8 Å². The van der Waals surface area contributed by atoms with Crippen LogP contribution in [0.1, 0.15) is 48.0 Å². The molecular weight excluding hydrogens is 348 g/mol. The van der Waals surface area contributed by atoms with E-state index in [-0.39, 0.29) is 23.3 Å². The molecule has 2 fully saturated rings. The number of aromatic hydroxyl groups is 2. The van der Waals surface area contributed by atoms with Gasteiger partial charge in [-0.1, -0.05) is 19.3 Å². The molecule has 0 aromatic heterocycles. The summed E-state index contributed by atoms with van der Waals surface area (Å²) in [4.78, 5) is 40.6. The Kier molecular flexibility index (Phi) is 5.68. The van der Waals surface area contributed by atoms with E-state index in [1.165, 1.54) is 6.42 Å². The molecule has 0 bridgehead atoms. The molecule has 0 unspecified atom stereocenters. The second-order valence-corrected chi connectivity index (χ2v) is 7.44. The number of piperazine rings is 1. The molecule has 1 aromatic carbocycles. The Morgan fingerprint density at radius 2 is 1.56 bits per heavy atom. The maximum Gasteiger partial charge on any atom is 0.254 e. The van der Waals surface area contributed by atoms with Gasteiger partial charge in [0.15, 0.2) is 5.75 Å². The van der Waals surface area contributed by atoms with E-state index in [2.05, 4.69) is 0 Å². The number of aryl methyl sites for hydroxylation is 1. The van der Waals surface area contributed by atoms with E-state index in [1.807, 2.05) is 4.90 Å². The molecule has 1 heterocycles. The molecule has 7 nitrogen and oxygen atoms in total. The molecule has 0 radical (unpaired) electrons. The largest absolute Gasteiger partial charge is 0.504 e. The zero-order valence-corrected chi connectivity index (χ0v) is 15.6. The first kappa shape index (κ1) is 19.2. The number of rotatable bonds is 2. The lowest BCUT2D eigenvalue weighted by Crippen LogP contribution is -2.52. The Morgan fingerprint density at radius 1 is 0.963 bits per heavy atom. The van der Waals surface area contributed by atoms with E-state index in [4.69, 9.17) is 0 Å². The maximum absolute atomic E-state index is 12.8. The topological polar surface area (TPSA) is 98.1 Å². The van der Waals surface area contributed by atoms with Crippen LogP contribution in [-0.4, -0.2) is 58.0 Å². The van der Waals surface area contributed by atoms with Crippen molar-refractivity contribution in [2.45, 2.75) is 39.0 Å². The molecule has 1 aliphatic carbocycles. The number of nitrogens with zero attached hydrogens (tertiary/aromatic N) is 2. The third kappa shape index (κ3) is 4.07. The van der Waals surface area contributed by atoms with Crippen molar-refractivity contribution in [1.29, 1.82) is 0 Å². The van der Waals surface area contributed by atoms with Gasteiger partial charge in [0.05, 0.1) is 0 Å². The third-order valence-electron chi connectivity index (χ3n) is 5.59. The third-order valence-corrected chi connectivity index (χ3v) is 5.59. The normalized spacial score (nSPS) is 18.4. The van der Waals surface area contributed by atoms with Crippen LogP contribution in [0, 0.1) is 12.8 Å². The summed E-state index contributed by atoms with van der Waals surface area (Å²) in [6, 6.07) is 2.28. The Balaban J connectivity index is 1.69. The highest BCUT2D eigenvalue weighted by atomic mass is 16.3. The summed E-state index contributed by atoms with van der Waals surface area (Å²) in [7, 11) is 0. The summed E-state index contributed by atoms with van der Waals surface area (Å²) < 4.78 is 0. The fourth-order valence-corrected chi connectivity index (χ4v) is 3.93. The molecule has 27 heavy (non-hydrogen) atoms. The van der Waals surface area contributed by atoms with Crippen LogP contribution in [0.3, 0.4) is 0 Å². The average molecular weight is 374 g/mol. The van der Waals surface area contributed by atoms with Gasteiger partial charge in [-0.15, -0.1) is 0 Å². The van der Waals surface area contributed by atoms with Crippen molar-refractivity contribution >= 4 is 11.8 Å². The van der Waals surface area contributed by atoms with Crippen molar-refractivity contribution in [2.75, 3.05) is 26.2 Å². The SMILES string of the molecule is Cc1cc(=O)c(O)c(O)cc1C(=O)N1CCN(C(=O)C2CCCCC2)CC1. The Labute approximate surface area is 158 Å². The van der Waals surface area contributed by atoms with E-state index >= 15 is 0 Å². The van der Waals surface area contributed by atoms with Crippen LogP contribution in [0.2, 0.25) is 0 Å². The van der Waals surface area contributed by atoms with Gasteiger partial charge in [0.1, 0.15) is 0 Å². The molecule has 0 atom stereocenters. The van der Waals surface area contributed by atoms with E-state index in [9.17, 15) is 24.6 Å².